The fraction of sp³-hybridized carbons (Fsp3) is 0. The summed E-state index contributed by atoms with van der Waals surface area (Å²) in [5.41, 5.74) is 8.71. The van der Waals surface area contributed by atoms with Crippen LogP contribution in [-0.2, 0) is 0 Å². The topological polar surface area (TPSA) is 56.7 Å². The van der Waals surface area contributed by atoms with Gasteiger partial charge in [0, 0.05) is 28.1 Å². The molecule has 2 heterocycles. The molecule has 20 heavy (non-hydrogen) atoms. The molecule has 3 rings (SSSR count). The Morgan fingerprint density at radius 3 is 2.80 bits per heavy atom. The molecule has 0 aliphatic heterocycles. The van der Waals surface area contributed by atoms with Crippen molar-refractivity contribution in [3.63, 3.8) is 0 Å². The van der Waals surface area contributed by atoms with Gasteiger partial charge in [-0.05, 0) is 40.2 Å². The van der Waals surface area contributed by atoms with Gasteiger partial charge < -0.3 is 5.73 Å². The highest BCUT2D eigenvalue weighted by Gasteiger charge is 2.12. The molecule has 0 spiro atoms. The van der Waals surface area contributed by atoms with Gasteiger partial charge in [-0.15, -0.1) is 0 Å². The Labute approximate surface area is 123 Å². The number of rotatable bonds is 2. The third-order valence-corrected chi connectivity index (χ3v) is 3.61. The zero-order valence-electron chi connectivity index (χ0n) is 10.3. The predicted octanol–water partition coefficient (Wildman–Crippen LogP) is 3.42. The Morgan fingerprint density at radius 1 is 1.15 bits per heavy atom. The second kappa shape index (κ2) is 5.05. The Kier molecular flexibility index (Phi) is 3.23. The Morgan fingerprint density at radius 2 is 2.00 bits per heavy atom. The molecule has 0 radical (unpaired) electrons. The lowest BCUT2D eigenvalue weighted by molar-refractivity contribution is 0.626. The van der Waals surface area contributed by atoms with Gasteiger partial charge >= 0.3 is 0 Å². The molecule has 0 saturated carbocycles. The van der Waals surface area contributed by atoms with E-state index in [-0.39, 0.29) is 5.82 Å². The van der Waals surface area contributed by atoms with Gasteiger partial charge in [-0.1, -0.05) is 0 Å². The number of hydrogen-bond donors (Lipinski definition) is 1. The van der Waals surface area contributed by atoms with Gasteiger partial charge in [0.25, 0.3) is 0 Å². The number of nitrogens with two attached hydrogens (primary N) is 1. The number of aromatic nitrogens is 3. The standard InChI is InChI=1S/C14H10BrFN4/c15-11-2-1-9(16)5-13(11)20-8-19-7-14(20)10-6-18-4-3-12(10)17/h1-8H,(H2,17,18). The van der Waals surface area contributed by atoms with Crippen LogP contribution in [0.3, 0.4) is 0 Å². The summed E-state index contributed by atoms with van der Waals surface area (Å²) >= 11 is 3.41. The maximum atomic E-state index is 13.5. The molecule has 3 aromatic rings. The van der Waals surface area contributed by atoms with E-state index in [0.717, 1.165) is 15.7 Å². The number of nitrogen functional groups attached to an aromatic ring is 1. The van der Waals surface area contributed by atoms with Crippen LogP contribution in [0.4, 0.5) is 10.1 Å². The number of imidazole rings is 1. The Balaban J connectivity index is 2.21. The van der Waals surface area contributed by atoms with E-state index in [0.29, 0.717) is 11.4 Å². The molecule has 0 unspecified atom stereocenters. The molecule has 100 valence electrons. The predicted molar refractivity (Wildman–Crippen MR) is 78.9 cm³/mol. The third-order valence-electron chi connectivity index (χ3n) is 2.94. The Bertz CT molecular complexity index is 769. The van der Waals surface area contributed by atoms with Gasteiger partial charge in [0.15, 0.2) is 0 Å². The SMILES string of the molecule is Nc1ccncc1-c1cncn1-c1cc(F)ccc1Br. The summed E-state index contributed by atoms with van der Waals surface area (Å²) in [7, 11) is 0. The lowest BCUT2D eigenvalue weighted by Gasteiger charge is -2.11. The second-order valence-electron chi connectivity index (χ2n) is 4.21. The van der Waals surface area contributed by atoms with Gasteiger partial charge in [-0.2, -0.15) is 0 Å². The van der Waals surface area contributed by atoms with Crippen LogP contribution < -0.4 is 5.73 Å². The van der Waals surface area contributed by atoms with E-state index in [1.807, 2.05) is 0 Å². The number of halogens is 2. The number of nitrogens with zero attached hydrogens (tertiary/aromatic N) is 3. The lowest BCUT2D eigenvalue weighted by atomic mass is 10.2. The highest BCUT2D eigenvalue weighted by Crippen LogP contribution is 2.30. The van der Waals surface area contributed by atoms with Crippen LogP contribution in [-0.4, -0.2) is 14.5 Å². The molecule has 6 heteroatoms. The minimum atomic E-state index is -0.318. The highest BCUT2D eigenvalue weighted by molar-refractivity contribution is 9.10. The van der Waals surface area contributed by atoms with E-state index in [4.69, 9.17) is 5.73 Å². The first-order valence-corrected chi connectivity index (χ1v) is 6.64. The molecule has 0 aliphatic carbocycles. The van der Waals surface area contributed by atoms with Crippen LogP contribution >= 0.6 is 15.9 Å². The van der Waals surface area contributed by atoms with Crippen LogP contribution in [0, 0.1) is 5.82 Å². The summed E-state index contributed by atoms with van der Waals surface area (Å²) in [6.07, 6.45) is 6.57. The van der Waals surface area contributed by atoms with Crippen molar-refractivity contribution >= 4 is 21.6 Å². The van der Waals surface area contributed by atoms with Crippen molar-refractivity contribution in [3.05, 3.63) is 59.5 Å². The lowest BCUT2D eigenvalue weighted by Crippen LogP contribution is -1.99. The number of anilines is 1. The van der Waals surface area contributed by atoms with Gasteiger partial charge in [0.1, 0.15) is 5.82 Å². The number of benzene rings is 1. The van der Waals surface area contributed by atoms with Crippen LogP contribution in [0.5, 0.6) is 0 Å². The summed E-state index contributed by atoms with van der Waals surface area (Å²) in [4.78, 5) is 8.19. The number of hydrogen-bond acceptors (Lipinski definition) is 3. The smallest absolute Gasteiger partial charge is 0.125 e. The molecule has 1 aromatic carbocycles. The van der Waals surface area contributed by atoms with Crippen molar-refractivity contribution in [2.45, 2.75) is 0 Å². The zero-order chi connectivity index (χ0) is 14.1. The molecular formula is C14H10BrFN4. The van der Waals surface area contributed by atoms with E-state index in [1.165, 1.54) is 12.1 Å². The largest absolute Gasteiger partial charge is 0.398 e. The average Bonchev–Trinajstić information content (AvgIpc) is 2.91. The maximum absolute atomic E-state index is 13.5. The van der Waals surface area contributed by atoms with Crippen molar-refractivity contribution in [3.8, 4) is 16.9 Å². The first-order valence-electron chi connectivity index (χ1n) is 5.84. The normalized spacial score (nSPS) is 10.7. The van der Waals surface area contributed by atoms with Crippen molar-refractivity contribution < 1.29 is 4.39 Å². The molecule has 0 bridgehead atoms. The van der Waals surface area contributed by atoms with Crippen LogP contribution in [0.15, 0.2) is 53.7 Å². The maximum Gasteiger partial charge on any atom is 0.125 e. The van der Waals surface area contributed by atoms with Gasteiger partial charge in [-0.3, -0.25) is 9.55 Å². The first kappa shape index (κ1) is 12.8. The van der Waals surface area contributed by atoms with Crippen LogP contribution in [0.25, 0.3) is 16.9 Å². The van der Waals surface area contributed by atoms with E-state index in [1.54, 1.807) is 41.6 Å². The molecule has 0 atom stereocenters. The van der Waals surface area contributed by atoms with Gasteiger partial charge in [0.2, 0.25) is 0 Å². The summed E-state index contributed by atoms with van der Waals surface area (Å²) in [5.74, 6) is -0.318. The summed E-state index contributed by atoms with van der Waals surface area (Å²) < 4.78 is 16.0. The fourth-order valence-corrected chi connectivity index (χ4v) is 2.41. The molecule has 4 nitrogen and oxygen atoms in total. The molecule has 2 N–H and O–H groups in total. The fourth-order valence-electron chi connectivity index (χ4n) is 1.98. The molecule has 0 fully saturated rings. The minimum absolute atomic E-state index is 0.318. The van der Waals surface area contributed by atoms with Gasteiger partial charge in [0.05, 0.1) is 23.9 Å². The van der Waals surface area contributed by atoms with Crippen molar-refractivity contribution in [1.82, 2.24) is 14.5 Å². The monoisotopic (exact) mass is 332 g/mol. The van der Waals surface area contributed by atoms with Gasteiger partial charge in [-0.25, -0.2) is 9.37 Å². The summed E-state index contributed by atoms with van der Waals surface area (Å²) in [6.45, 7) is 0. The van der Waals surface area contributed by atoms with Crippen molar-refractivity contribution in [2.75, 3.05) is 5.73 Å². The van der Waals surface area contributed by atoms with E-state index in [2.05, 4.69) is 25.9 Å². The highest BCUT2D eigenvalue weighted by atomic mass is 79.9. The third kappa shape index (κ3) is 2.18. The molecule has 0 saturated heterocycles. The van der Waals surface area contributed by atoms with Crippen molar-refractivity contribution in [2.24, 2.45) is 0 Å². The van der Waals surface area contributed by atoms with Crippen molar-refractivity contribution in [1.29, 1.82) is 0 Å². The average molecular weight is 333 g/mol. The Hall–Kier alpha value is -2.21. The van der Waals surface area contributed by atoms with Crippen LogP contribution in [0.2, 0.25) is 0 Å². The second-order valence-corrected chi connectivity index (χ2v) is 5.06. The molecular weight excluding hydrogens is 323 g/mol. The van der Waals surface area contributed by atoms with Crippen LogP contribution in [0.1, 0.15) is 0 Å². The molecule has 2 aromatic heterocycles. The first-order chi connectivity index (χ1) is 9.66. The minimum Gasteiger partial charge on any atom is -0.398 e. The summed E-state index contributed by atoms with van der Waals surface area (Å²) in [6, 6.07) is 6.19. The number of pyridine rings is 1. The summed E-state index contributed by atoms with van der Waals surface area (Å²) in [5, 5.41) is 0. The van der Waals surface area contributed by atoms with E-state index >= 15 is 0 Å². The quantitative estimate of drug-likeness (QED) is 0.782. The molecule has 0 amide bonds. The zero-order valence-corrected chi connectivity index (χ0v) is 11.9. The van der Waals surface area contributed by atoms with E-state index in [9.17, 15) is 4.39 Å². The van der Waals surface area contributed by atoms with E-state index < -0.39 is 0 Å². The molecule has 0 aliphatic rings.